The summed E-state index contributed by atoms with van der Waals surface area (Å²) >= 11 is 6.91. The molecule has 0 aromatic heterocycles. The molecular weight excluding hydrogens is 381 g/mol. The summed E-state index contributed by atoms with van der Waals surface area (Å²) in [5.74, 6) is -1.26. The van der Waals surface area contributed by atoms with Crippen LogP contribution in [0.3, 0.4) is 0 Å². The van der Waals surface area contributed by atoms with Crippen molar-refractivity contribution in [2.75, 3.05) is 18.2 Å². The Labute approximate surface area is 159 Å². The monoisotopic (exact) mass is 397 g/mol. The zero-order valence-corrected chi connectivity index (χ0v) is 15.7. The average Bonchev–Trinajstić information content (AvgIpc) is 2.61. The van der Waals surface area contributed by atoms with Crippen LogP contribution in [0.15, 0.2) is 47.4 Å². The summed E-state index contributed by atoms with van der Waals surface area (Å²) in [6.07, 6.45) is -1.03. The molecule has 0 saturated heterocycles. The molecule has 0 saturated carbocycles. The van der Waals surface area contributed by atoms with Gasteiger partial charge in [-0.2, -0.15) is 0 Å². The van der Waals surface area contributed by atoms with E-state index in [2.05, 4.69) is 5.32 Å². The summed E-state index contributed by atoms with van der Waals surface area (Å²) in [7, 11) is 1.46. The highest BCUT2D eigenvalue weighted by Crippen LogP contribution is 2.28. The second-order valence-electron chi connectivity index (χ2n) is 5.19. The van der Waals surface area contributed by atoms with Crippen molar-refractivity contribution in [3.05, 3.63) is 53.3 Å². The van der Waals surface area contributed by atoms with E-state index in [-0.39, 0.29) is 5.75 Å². The van der Waals surface area contributed by atoms with E-state index in [0.29, 0.717) is 21.4 Å². The van der Waals surface area contributed by atoms with Crippen LogP contribution in [0.1, 0.15) is 6.92 Å². The topological polar surface area (TPSA) is 64.6 Å². The number of rotatable bonds is 7. The van der Waals surface area contributed by atoms with Gasteiger partial charge in [0.25, 0.3) is 5.91 Å². The van der Waals surface area contributed by atoms with Gasteiger partial charge in [-0.25, -0.2) is 4.39 Å². The van der Waals surface area contributed by atoms with E-state index in [1.165, 1.54) is 26.2 Å². The molecule has 0 radical (unpaired) electrons. The van der Waals surface area contributed by atoms with Gasteiger partial charge < -0.3 is 14.8 Å². The first kappa shape index (κ1) is 20.1. The summed E-state index contributed by atoms with van der Waals surface area (Å²) in [6.45, 7) is 1.44. The lowest BCUT2D eigenvalue weighted by Crippen LogP contribution is -2.30. The van der Waals surface area contributed by atoms with Crippen molar-refractivity contribution in [3.8, 4) is 5.75 Å². The molecular formula is C18H17ClFNO4S. The van der Waals surface area contributed by atoms with Crippen molar-refractivity contribution in [2.24, 2.45) is 0 Å². The highest BCUT2D eigenvalue weighted by molar-refractivity contribution is 8.00. The number of thioether (sulfide) groups is 1. The van der Waals surface area contributed by atoms with Gasteiger partial charge in [0, 0.05) is 9.92 Å². The second kappa shape index (κ2) is 9.45. The maximum absolute atomic E-state index is 13.5. The lowest BCUT2D eigenvalue weighted by molar-refractivity contribution is -0.150. The van der Waals surface area contributed by atoms with Gasteiger partial charge in [0.05, 0.1) is 18.6 Å². The number of amides is 1. The Morgan fingerprint density at radius 2 is 2.00 bits per heavy atom. The number of ether oxygens (including phenoxy) is 2. The van der Waals surface area contributed by atoms with Crippen LogP contribution < -0.4 is 10.1 Å². The Kier molecular flexibility index (Phi) is 7.29. The van der Waals surface area contributed by atoms with Crippen LogP contribution in [0.4, 0.5) is 10.1 Å². The molecule has 0 aliphatic rings. The fourth-order valence-electron chi connectivity index (χ4n) is 2.00. The molecule has 138 valence electrons. The summed E-state index contributed by atoms with van der Waals surface area (Å²) in [4.78, 5) is 24.4. The van der Waals surface area contributed by atoms with Crippen LogP contribution in [0.5, 0.6) is 5.75 Å². The van der Waals surface area contributed by atoms with Gasteiger partial charge >= 0.3 is 5.97 Å². The first-order valence-corrected chi connectivity index (χ1v) is 8.98. The third-order valence-electron chi connectivity index (χ3n) is 3.28. The van der Waals surface area contributed by atoms with E-state index in [0.717, 1.165) is 11.8 Å². The van der Waals surface area contributed by atoms with Crippen molar-refractivity contribution in [1.82, 2.24) is 0 Å². The van der Waals surface area contributed by atoms with E-state index in [1.54, 1.807) is 30.3 Å². The highest BCUT2D eigenvalue weighted by atomic mass is 35.5. The van der Waals surface area contributed by atoms with Crippen molar-refractivity contribution in [3.63, 3.8) is 0 Å². The van der Waals surface area contributed by atoms with Gasteiger partial charge in [0.1, 0.15) is 11.6 Å². The maximum atomic E-state index is 13.5. The number of benzene rings is 2. The third kappa shape index (κ3) is 5.64. The molecule has 5 nitrogen and oxygen atoms in total. The molecule has 1 N–H and O–H groups in total. The standard InChI is InChI=1S/C18H17ClFNO4S/c1-11(18(23)21-14-9-12(19)7-8-15(14)24-2)25-17(22)10-26-16-6-4-3-5-13(16)20/h3-9,11H,10H2,1-2H3,(H,21,23)/t11-/m1/s1. The Hall–Kier alpha value is -2.25. The smallest absolute Gasteiger partial charge is 0.317 e. The predicted octanol–water partition coefficient (Wildman–Crippen LogP) is 4.15. The van der Waals surface area contributed by atoms with Crippen LogP contribution >= 0.6 is 23.4 Å². The maximum Gasteiger partial charge on any atom is 0.317 e. The van der Waals surface area contributed by atoms with Gasteiger partial charge in [0.15, 0.2) is 6.10 Å². The molecule has 0 unspecified atom stereocenters. The summed E-state index contributed by atoms with van der Waals surface area (Å²) in [5, 5.41) is 3.02. The minimum Gasteiger partial charge on any atom is -0.495 e. The van der Waals surface area contributed by atoms with Gasteiger partial charge in [-0.15, -0.1) is 11.8 Å². The molecule has 2 aromatic rings. The fraction of sp³-hybridized carbons (Fsp3) is 0.222. The lowest BCUT2D eigenvalue weighted by atomic mass is 10.2. The van der Waals surface area contributed by atoms with Crippen LogP contribution in [0, 0.1) is 5.82 Å². The number of carbonyl (C=O) groups excluding carboxylic acids is 2. The van der Waals surface area contributed by atoms with Crippen molar-refractivity contribution >= 4 is 40.9 Å². The van der Waals surface area contributed by atoms with E-state index in [1.807, 2.05) is 0 Å². The quantitative estimate of drug-likeness (QED) is 0.561. The first-order chi connectivity index (χ1) is 12.4. The van der Waals surface area contributed by atoms with Gasteiger partial charge in [-0.05, 0) is 37.3 Å². The van der Waals surface area contributed by atoms with E-state index >= 15 is 0 Å². The van der Waals surface area contributed by atoms with Crippen LogP contribution in [-0.4, -0.2) is 30.8 Å². The number of hydrogen-bond donors (Lipinski definition) is 1. The van der Waals surface area contributed by atoms with Gasteiger partial charge in [-0.1, -0.05) is 23.7 Å². The molecule has 1 amide bonds. The molecule has 1 atom stereocenters. The van der Waals surface area contributed by atoms with E-state index in [4.69, 9.17) is 21.1 Å². The normalized spacial score (nSPS) is 11.5. The predicted molar refractivity (Wildman–Crippen MR) is 99.3 cm³/mol. The van der Waals surface area contributed by atoms with Crippen LogP contribution in [0.25, 0.3) is 0 Å². The van der Waals surface area contributed by atoms with E-state index in [9.17, 15) is 14.0 Å². The van der Waals surface area contributed by atoms with Crippen LogP contribution in [-0.2, 0) is 14.3 Å². The van der Waals surface area contributed by atoms with Gasteiger partial charge in [0.2, 0.25) is 0 Å². The van der Waals surface area contributed by atoms with Gasteiger partial charge in [-0.3, -0.25) is 9.59 Å². The number of anilines is 1. The molecule has 0 aliphatic carbocycles. The molecule has 0 aliphatic heterocycles. The zero-order chi connectivity index (χ0) is 19.1. The Balaban J connectivity index is 1.89. The minimum atomic E-state index is -1.03. The highest BCUT2D eigenvalue weighted by Gasteiger charge is 2.20. The number of esters is 1. The number of nitrogens with one attached hydrogen (secondary N) is 1. The summed E-state index contributed by atoms with van der Waals surface area (Å²) < 4.78 is 23.7. The molecule has 8 heteroatoms. The molecule has 2 aromatic carbocycles. The average molecular weight is 398 g/mol. The number of methoxy groups -OCH3 is 1. The fourth-order valence-corrected chi connectivity index (χ4v) is 2.89. The van der Waals surface area contributed by atoms with Crippen molar-refractivity contribution < 1.29 is 23.5 Å². The largest absolute Gasteiger partial charge is 0.495 e. The SMILES string of the molecule is COc1ccc(Cl)cc1NC(=O)[C@@H](C)OC(=O)CSc1ccccc1F. The third-order valence-corrected chi connectivity index (χ3v) is 4.54. The molecule has 0 fully saturated rings. The number of carbonyl (C=O) groups is 2. The molecule has 0 heterocycles. The van der Waals surface area contributed by atoms with Crippen molar-refractivity contribution in [1.29, 1.82) is 0 Å². The zero-order valence-electron chi connectivity index (χ0n) is 14.1. The molecule has 2 rings (SSSR count). The lowest BCUT2D eigenvalue weighted by Gasteiger charge is -2.15. The first-order valence-electron chi connectivity index (χ1n) is 7.62. The Morgan fingerprint density at radius 1 is 1.27 bits per heavy atom. The summed E-state index contributed by atoms with van der Waals surface area (Å²) in [5.41, 5.74) is 0.369. The van der Waals surface area contributed by atoms with Crippen molar-refractivity contribution in [2.45, 2.75) is 17.9 Å². The Morgan fingerprint density at radius 3 is 2.69 bits per heavy atom. The second-order valence-corrected chi connectivity index (χ2v) is 6.64. The number of halogens is 2. The minimum absolute atomic E-state index is 0.112. The van der Waals surface area contributed by atoms with E-state index < -0.39 is 23.8 Å². The molecule has 0 spiro atoms. The summed E-state index contributed by atoms with van der Waals surface area (Å²) in [6, 6.07) is 10.9. The van der Waals surface area contributed by atoms with Crippen LogP contribution in [0.2, 0.25) is 5.02 Å². The molecule has 26 heavy (non-hydrogen) atoms. The number of hydrogen-bond acceptors (Lipinski definition) is 5. The molecule has 0 bridgehead atoms. The Bertz CT molecular complexity index is 803.